The van der Waals surface area contributed by atoms with Crippen LogP contribution < -0.4 is 15.4 Å². The van der Waals surface area contributed by atoms with Crippen molar-refractivity contribution in [2.24, 2.45) is 0 Å². The number of likely N-dealkylation sites (tertiary alicyclic amines) is 1. The molecule has 40 heavy (non-hydrogen) atoms. The maximum atomic E-state index is 15.9. The lowest BCUT2D eigenvalue weighted by molar-refractivity contribution is -0.144. The quantitative estimate of drug-likeness (QED) is 0.215. The molecule has 0 bridgehead atoms. The number of esters is 1. The first-order valence-electron chi connectivity index (χ1n) is 12.5. The average molecular weight is 588 g/mol. The summed E-state index contributed by atoms with van der Waals surface area (Å²) in [4.78, 5) is 38.6. The Balaban J connectivity index is 1.36. The normalized spacial score (nSPS) is 16.8. The molecule has 11 heteroatoms. The number of carbonyl (C=O) groups is 3. The van der Waals surface area contributed by atoms with Gasteiger partial charge in [0.25, 0.3) is 0 Å². The van der Waals surface area contributed by atoms with Crippen molar-refractivity contribution in [1.82, 2.24) is 4.90 Å². The number of nitrogens with one attached hydrogen (secondary N) is 2. The lowest BCUT2D eigenvalue weighted by Crippen LogP contribution is -2.49. The number of hydrogen-bond acceptors (Lipinski definition) is 6. The summed E-state index contributed by atoms with van der Waals surface area (Å²) < 4.78 is 26.3. The Bertz CT molecular complexity index is 1400. The SMILES string of the molecule is COC(=O)c1ccc(OCN2CCCC2(F)C(=O)Cc2ccc(NC(=O)Nc3c(Cl)cccc3Cl)c(C)c2)cc1. The minimum absolute atomic E-state index is 0.0693. The number of aryl methyl sites for hydroxylation is 1. The standard InChI is InChI=1S/C29H28Cl2FN3O5/c1-18-15-19(7-12-24(18)33-28(38)34-26-22(30)5-3-6-23(26)31)16-25(36)29(32)13-4-14-35(29)17-40-21-10-8-20(9-11-21)27(37)39-2/h3,5-12,15H,4,13-14,16-17H2,1-2H3,(H2,33,34,38). The van der Waals surface area contributed by atoms with Gasteiger partial charge in [-0.1, -0.05) is 41.4 Å². The van der Waals surface area contributed by atoms with Crippen LogP contribution in [0.25, 0.3) is 0 Å². The van der Waals surface area contributed by atoms with E-state index >= 15 is 4.39 Å². The summed E-state index contributed by atoms with van der Waals surface area (Å²) in [7, 11) is 1.30. The Morgan fingerprint density at radius 3 is 2.38 bits per heavy atom. The average Bonchev–Trinajstić information content (AvgIpc) is 3.32. The number of alkyl halides is 1. The number of methoxy groups -OCH3 is 1. The number of benzene rings is 3. The number of ketones is 1. The zero-order valence-corrected chi connectivity index (χ0v) is 23.4. The molecule has 1 heterocycles. The molecule has 8 nitrogen and oxygen atoms in total. The van der Waals surface area contributed by atoms with Crippen LogP contribution in [0.3, 0.4) is 0 Å². The lowest BCUT2D eigenvalue weighted by Gasteiger charge is -2.29. The van der Waals surface area contributed by atoms with Gasteiger partial charge in [-0.3, -0.25) is 4.79 Å². The largest absolute Gasteiger partial charge is 0.478 e. The van der Waals surface area contributed by atoms with E-state index < -0.39 is 23.6 Å². The highest BCUT2D eigenvalue weighted by atomic mass is 35.5. The van der Waals surface area contributed by atoms with Crippen LogP contribution in [-0.2, 0) is 16.0 Å². The van der Waals surface area contributed by atoms with E-state index in [1.54, 1.807) is 67.6 Å². The Morgan fingerprint density at radius 1 is 1.02 bits per heavy atom. The highest BCUT2D eigenvalue weighted by molar-refractivity contribution is 6.39. The van der Waals surface area contributed by atoms with E-state index in [4.69, 9.17) is 27.9 Å². The van der Waals surface area contributed by atoms with E-state index in [1.807, 2.05) is 0 Å². The molecule has 1 aliphatic rings. The third-order valence-corrected chi connectivity index (χ3v) is 7.26. The molecule has 1 fully saturated rings. The van der Waals surface area contributed by atoms with Crippen molar-refractivity contribution in [2.75, 3.05) is 31.0 Å². The van der Waals surface area contributed by atoms with E-state index in [2.05, 4.69) is 15.4 Å². The number of para-hydroxylation sites is 1. The number of halogens is 3. The second kappa shape index (κ2) is 12.7. The summed E-state index contributed by atoms with van der Waals surface area (Å²) in [6, 6.07) is 15.7. The van der Waals surface area contributed by atoms with Gasteiger partial charge >= 0.3 is 12.0 Å². The molecule has 1 atom stereocenters. The van der Waals surface area contributed by atoms with Crippen molar-refractivity contribution < 1.29 is 28.2 Å². The van der Waals surface area contributed by atoms with Gasteiger partial charge in [0.15, 0.2) is 5.78 Å². The Hall–Kier alpha value is -3.66. The van der Waals surface area contributed by atoms with Crippen LogP contribution in [0, 0.1) is 6.92 Å². The van der Waals surface area contributed by atoms with Crippen molar-refractivity contribution in [2.45, 2.75) is 32.0 Å². The molecule has 3 aromatic rings. The summed E-state index contributed by atoms with van der Waals surface area (Å²) in [5.74, 6) is -2.76. The number of hydrogen-bond donors (Lipinski definition) is 2. The molecule has 0 spiro atoms. The summed E-state index contributed by atoms with van der Waals surface area (Å²) in [5.41, 5.74) is 2.49. The molecule has 4 rings (SSSR count). The number of ether oxygens (including phenoxy) is 2. The van der Waals surface area contributed by atoms with Gasteiger partial charge in [-0.05, 0) is 66.9 Å². The molecule has 0 radical (unpaired) electrons. The summed E-state index contributed by atoms with van der Waals surface area (Å²) in [6.45, 7) is 2.03. The van der Waals surface area contributed by atoms with Crippen LogP contribution in [0.5, 0.6) is 5.75 Å². The number of carbonyl (C=O) groups excluding carboxylic acids is 3. The monoisotopic (exact) mass is 587 g/mol. The lowest BCUT2D eigenvalue weighted by atomic mass is 9.98. The first-order valence-corrected chi connectivity index (χ1v) is 13.3. The van der Waals surface area contributed by atoms with Gasteiger partial charge < -0.3 is 20.1 Å². The first-order chi connectivity index (χ1) is 19.1. The maximum absolute atomic E-state index is 15.9. The highest BCUT2D eigenvalue weighted by Gasteiger charge is 2.47. The maximum Gasteiger partial charge on any atom is 0.337 e. The molecule has 3 aromatic carbocycles. The molecular weight excluding hydrogens is 560 g/mol. The number of urea groups is 1. The van der Waals surface area contributed by atoms with Crippen LogP contribution >= 0.6 is 23.2 Å². The number of amides is 2. The topological polar surface area (TPSA) is 97.0 Å². The van der Waals surface area contributed by atoms with E-state index in [-0.39, 0.29) is 19.6 Å². The van der Waals surface area contributed by atoms with E-state index in [9.17, 15) is 14.4 Å². The first kappa shape index (κ1) is 29.3. The molecule has 0 aliphatic carbocycles. The minimum atomic E-state index is -2.16. The van der Waals surface area contributed by atoms with Crippen molar-refractivity contribution in [3.63, 3.8) is 0 Å². The van der Waals surface area contributed by atoms with Crippen molar-refractivity contribution in [3.8, 4) is 5.75 Å². The van der Waals surface area contributed by atoms with Gasteiger partial charge in [0.05, 0.1) is 28.4 Å². The third-order valence-electron chi connectivity index (χ3n) is 6.63. The molecule has 0 aromatic heterocycles. The fourth-order valence-corrected chi connectivity index (χ4v) is 4.95. The molecule has 2 N–H and O–H groups in total. The summed E-state index contributed by atoms with van der Waals surface area (Å²) >= 11 is 12.2. The summed E-state index contributed by atoms with van der Waals surface area (Å²) in [6.07, 6.45) is 0.461. The molecule has 1 saturated heterocycles. The molecule has 210 valence electrons. The third kappa shape index (κ3) is 6.72. The zero-order chi connectivity index (χ0) is 28.9. The molecular formula is C29H28Cl2FN3O5. The molecule has 1 unspecified atom stereocenters. The van der Waals surface area contributed by atoms with Crippen LogP contribution in [0.2, 0.25) is 10.0 Å². The molecule has 1 aliphatic heterocycles. The van der Waals surface area contributed by atoms with Gasteiger partial charge in [-0.2, -0.15) is 0 Å². The Kier molecular flexibility index (Phi) is 9.29. The zero-order valence-electron chi connectivity index (χ0n) is 21.9. The predicted molar refractivity (Wildman–Crippen MR) is 152 cm³/mol. The highest BCUT2D eigenvalue weighted by Crippen LogP contribution is 2.34. The predicted octanol–water partition coefficient (Wildman–Crippen LogP) is 6.64. The van der Waals surface area contributed by atoms with Gasteiger partial charge in [-0.15, -0.1) is 0 Å². The van der Waals surface area contributed by atoms with Crippen LogP contribution in [0.15, 0.2) is 60.7 Å². The van der Waals surface area contributed by atoms with Gasteiger partial charge in [-0.25, -0.2) is 18.9 Å². The minimum Gasteiger partial charge on any atom is -0.478 e. The van der Waals surface area contributed by atoms with Crippen LogP contribution in [0.4, 0.5) is 20.6 Å². The number of nitrogens with zero attached hydrogens (tertiary/aromatic N) is 1. The molecule has 2 amide bonds. The Morgan fingerprint density at radius 2 is 1.73 bits per heavy atom. The molecule has 0 saturated carbocycles. The van der Waals surface area contributed by atoms with Crippen LogP contribution in [0.1, 0.15) is 34.3 Å². The Labute approximate surface area is 241 Å². The van der Waals surface area contributed by atoms with E-state index in [0.29, 0.717) is 56.8 Å². The number of rotatable bonds is 9. The van der Waals surface area contributed by atoms with Gasteiger partial charge in [0.1, 0.15) is 12.5 Å². The van der Waals surface area contributed by atoms with Crippen molar-refractivity contribution >= 4 is 52.4 Å². The smallest absolute Gasteiger partial charge is 0.337 e. The summed E-state index contributed by atoms with van der Waals surface area (Å²) in [5, 5.41) is 5.96. The fraction of sp³-hybridized carbons (Fsp3) is 0.276. The number of Topliss-reactive ketones (excluding diaryl/α,β-unsaturated/α-hetero) is 1. The van der Waals surface area contributed by atoms with E-state index in [1.165, 1.54) is 12.0 Å². The van der Waals surface area contributed by atoms with Gasteiger partial charge in [0.2, 0.25) is 5.79 Å². The second-order valence-corrected chi connectivity index (χ2v) is 10.2. The van der Waals surface area contributed by atoms with Crippen molar-refractivity contribution in [3.05, 3.63) is 87.4 Å². The second-order valence-electron chi connectivity index (χ2n) is 9.34. The van der Waals surface area contributed by atoms with E-state index in [0.717, 1.165) is 0 Å². The van der Waals surface area contributed by atoms with Crippen LogP contribution in [-0.4, -0.2) is 48.9 Å². The fourth-order valence-electron chi connectivity index (χ4n) is 4.46. The van der Waals surface area contributed by atoms with Gasteiger partial charge in [0, 0.05) is 25.1 Å². The number of anilines is 2. The van der Waals surface area contributed by atoms with Crippen molar-refractivity contribution in [1.29, 1.82) is 0 Å².